The fourth-order valence-corrected chi connectivity index (χ4v) is 3.90. The number of amides is 1. The van der Waals surface area contributed by atoms with Crippen molar-refractivity contribution in [2.45, 2.75) is 25.9 Å². The van der Waals surface area contributed by atoms with Gasteiger partial charge in [0.15, 0.2) is 11.6 Å². The smallest absolute Gasteiger partial charge is 0.244 e. The number of anilines is 1. The molecule has 174 valence electrons. The third-order valence-corrected chi connectivity index (χ3v) is 6.16. The van der Waals surface area contributed by atoms with E-state index in [2.05, 4.69) is 20.4 Å². The summed E-state index contributed by atoms with van der Waals surface area (Å²) in [7, 11) is 0. The van der Waals surface area contributed by atoms with Crippen molar-refractivity contribution in [1.29, 1.82) is 0 Å². The van der Waals surface area contributed by atoms with Crippen molar-refractivity contribution in [2.24, 2.45) is 0 Å². The number of carbonyl (C=O) groups is 1. The molecule has 2 atom stereocenters. The van der Waals surface area contributed by atoms with Crippen molar-refractivity contribution in [3.05, 3.63) is 65.0 Å². The van der Waals surface area contributed by atoms with Gasteiger partial charge in [-0.3, -0.25) is 14.6 Å². The largest absolute Gasteiger partial charge is 0.337 e. The first kappa shape index (κ1) is 23.3. The molecular formula is C23H24ClF2N5O2. The number of hydrogen-bond donors (Lipinski definition) is 1. The van der Waals surface area contributed by atoms with Crippen molar-refractivity contribution in [3.8, 4) is 11.4 Å². The minimum atomic E-state index is -0.997. The van der Waals surface area contributed by atoms with Gasteiger partial charge in [0.2, 0.25) is 17.6 Å². The van der Waals surface area contributed by atoms with E-state index in [0.717, 1.165) is 17.7 Å². The molecule has 1 aliphatic heterocycles. The predicted octanol–water partition coefficient (Wildman–Crippen LogP) is 4.37. The van der Waals surface area contributed by atoms with E-state index in [9.17, 15) is 13.6 Å². The van der Waals surface area contributed by atoms with Gasteiger partial charge in [-0.25, -0.2) is 8.78 Å². The lowest BCUT2D eigenvalue weighted by atomic mass is 10.1. The van der Waals surface area contributed by atoms with Crippen LogP contribution >= 0.6 is 11.6 Å². The molecule has 10 heteroatoms. The van der Waals surface area contributed by atoms with Crippen LogP contribution in [0.4, 0.5) is 14.5 Å². The molecule has 4 rings (SSSR count). The minimum absolute atomic E-state index is 0.0768. The van der Waals surface area contributed by atoms with Gasteiger partial charge < -0.3 is 9.84 Å². The van der Waals surface area contributed by atoms with Crippen LogP contribution in [0.5, 0.6) is 0 Å². The molecule has 0 saturated carbocycles. The molecule has 0 bridgehead atoms. The average molecular weight is 476 g/mol. The van der Waals surface area contributed by atoms with Gasteiger partial charge in [-0.05, 0) is 50.2 Å². The van der Waals surface area contributed by atoms with Crippen LogP contribution in [-0.4, -0.2) is 58.1 Å². The highest BCUT2D eigenvalue weighted by molar-refractivity contribution is 6.30. The van der Waals surface area contributed by atoms with Crippen LogP contribution in [-0.2, 0) is 4.79 Å². The van der Waals surface area contributed by atoms with Crippen LogP contribution in [0, 0.1) is 11.6 Å². The molecule has 2 heterocycles. The van der Waals surface area contributed by atoms with Crippen molar-refractivity contribution in [3.63, 3.8) is 0 Å². The van der Waals surface area contributed by atoms with Crippen LogP contribution in [0.25, 0.3) is 11.4 Å². The van der Waals surface area contributed by atoms with Crippen LogP contribution in [0.1, 0.15) is 25.8 Å². The van der Waals surface area contributed by atoms with Gasteiger partial charge in [0.25, 0.3) is 0 Å². The van der Waals surface area contributed by atoms with Gasteiger partial charge in [-0.2, -0.15) is 4.98 Å². The average Bonchev–Trinajstić information content (AvgIpc) is 3.31. The maximum atomic E-state index is 13.4. The topological polar surface area (TPSA) is 74.5 Å². The summed E-state index contributed by atoms with van der Waals surface area (Å²) < 4.78 is 32.0. The van der Waals surface area contributed by atoms with E-state index in [-0.39, 0.29) is 17.6 Å². The number of halogens is 3. The second-order valence-corrected chi connectivity index (χ2v) is 8.44. The van der Waals surface area contributed by atoms with E-state index in [1.54, 1.807) is 19.1 Å². The zero-order valence-electron chi connectivity index (χ0n) is 18.3. The lowest BCUT2D eigenvalue weighted by Crippen LogP contribution is -2.53. The van der Waals surface area contributed by atoms with Gasteiger partial charge >= 0.3 is 0 Å². The fraction of sp³-hybridized carbons (Fsp3) is 0.348. The molecule has 0 radical (unpaired) electrons. The van der Waals surface area contributed by atoms with Crippen LogP contribution in [0.3, 0.4) is 0 Å². The normalized spacial score (nSPS) is 17.0. The standard InChI is InChI=1S/C23H24ClF2N5O2/c1-14(22(32)27-18-7-8-19(25)20(26)13-18)30-9-11-31(12-10-30)15(2)23-28-21(29-33-23)16-3-5-17(24)6-4-16/h3-8,13-15H,9-12H2,1-2H3,(H,27,32)/t14-,15-/m0/s1. The molecule has 1 fully saturated rings. The number of rotatable bonds is 6. The lowest BCUT2D eigenvalue weighted by Gasteiger charge is -2.39. The number of carbonyl (C=O) groups excluding carboxylic acids is 1. The van der Waals surface area contributed by atoms with E-state index < -0.39 is 17.7 Å². The highest BCUT2D eigenvalue weighted by Gasteiger charge is 2.30. The molecule has 1 N–H and O–H groups in total. The molecule has 3 aromatic rings. The monoisotopic (exact) mass is 475 g/mol. The second kappa shape index (κ2) is 9.94. The zero-order valence-corrected chi connectivity index (χ0v) is 19.0. The van der Waals surface area contributed by atoms with Gasteiger partial charge in [0.05, 0.1) is 12.1 Å². The number of hydrogen-bond acceptors (Lipinski definition) is 6. The predicted molar refractivity (Wildman–Crippen MR) is 121 cm³/mol. The number of nitrogens with one attached hydrogen (secondary N) is 1. The number of aromatic nitrogens is 2. The molecule has 1 aliphatic rings. The Morgan fingerprint density at radius 1 is 1.03 bits per heavy atom. The number of piperazine rings is 1. The summed E-state index contributed by atoms with van der Waals surface area (Å²) in [5, 5.41) is 7.37. The van der Waals surface area contributed by atoms with Crippen LogP contribution in [0.2, 0.25) is 5.02 Å². The Kier molecular flexibility index (Phi) is 7.02. The van der Waals surface area contributed by atoms with Gasteiger partial charge in [0, 0.05) is 48.5 Å². The van der Waals surface area contributed by atoms with Crippen molar-refractivity contribution < 1.29 is 18.1 Å². The van der Waals surface area contributed by atoms with E-state index in [4.69, 9.17) is 16.1 Å². The Bertz CT molecular complexity index is 1120. The number of benzene rings is 2. The fourth-order valence-electron chi connectivity index (χ4n) is 3.78. The molecule has 2 aromatic carbocycles. The van der Waals surface area contributed by atoms with Gasteiger partial charge in [-0.1, -0.05) is 16.8 Å². The summed E-state index contributed by atoms with van der Waals surface area (Å²) in [6.07, 6.45) is 0. The highest BCUT2D eigenvalue weighted by atomic mass is 35.5. The summed E-state index contributed by atoms with van der Waals surface area (Å²) in [5.41, 5.74) is 1.05. The SMILES string of the molecule is C[C@@H](C(=O)Nc1ccc(F)c(F)c1)N1CCN([C@@H](C)c2nc(-c3ccc(Cl)cc3)no2)CC1. The molecule has 0 unspecified atom stereocenters. The molecule has 1 saturated heterocycles. The molecular weight excluding hydrogens is 452 g/mol. The molecule has 1 amide bonds. The minimum Gasteiger partial charge on any atom is -0.337 e. The first-order valence-corrected chi connectivity index (χ1v) is 11.0. The Morgan fingerprint density at radius 2 is 1.70 bits per heavy atom. The van der Waals surface area contributed by atoms with Crippen molar-refractivity contribution >= 4 is 23.2 Å². The summed E-state index contributed by atoms with van der Waals surface area (Å²) in [5.74, 6) is -1.18. The highest BCUT2D eigenvalue weighted by Crippen LogP contribution is 2.25. The summed E-state index contributed by atoms with van der Waals surface area (Å²) in [6, 6.07) is 10.0. The quantitative estimate of drug-likeness (QED) is 0.570. The molecule has 7 nitrogen and oxygen atoms in total. The summed E-state index contributed by atoms with van der Waals surface area (Å²) >= 11 is 5.93. The van der Waals surface area contributed by atoms with E-state index in [1.165, 1.54) is 6.07 Å². The Balaban J connectivity index is 1.32. The van der Waals surface area contributed by atoms with Crippen LogP contribution < -0.4 is 5.32 Å². The molecule has 0 aliphatic carbocycles. The Hall–Kier alpha value is -2.88. The van der Waals surface area contributed by atoms with E-state index in [0.29, 0.717) is 42.9 Å². The Morgan fingerprint density at radius 3 is 2.36 bits per heavy atom. The Labute approximate surface area is 195 Å². The van der Waals surface area contributed by atoms with E-state index >= 15 is 0 Å². The first-order valence-electron chi connectivity index (χ1n) is 10.7. The van der Waals surface area contributed by atoms with Gasteiger partial charge in [0.1, 0.15) is 0 Å². The molecule has 0 spiro atoms. The molecule has 1 aromatic heterocycles. The number of nitrogens with zero attached hydrogens (tertiary/aromatic N) is 4. The third kappa shape index (κ3) is 5.38. The second-order valence-electron chi connectivity index (χ2n) is 8.01. The van der Waals surface area contributed by atoms with Crippen molar-refractivity contribution in [1.82, 2.24) is 19.9 Å². The lowest BCUT2D eigenvalue weighted by molar-refractivity contribution is -0.121. The van der Waals surface area contributed by atoms with E-state index in [1.807, 2.05) is 24.0 Å². The summed E-state index contributed by atoms with van der Waals surface area (Å²) in [4.78, 5) is 21.4. The third-order valence-electron chi connectivity index (χ3n) is 5.91. The van der Waals surface area contributed by atoms with Crippen molar-refractivity contribution in [2.75, 3.05) is 31.5 Å². The maximum Gasteiger partial charge on any atom is 0.244 e. The maximum absolute atomic E-state index is 13.4. The van der Waals surface area contributed by atoms with Crippen LogP contribution in [0.15, 0.2) is 47.0 Å². The first-order chi connectivity index (χ1) is 15.8. The summed E-state index contributed by atoms with van der Waals surface area (Å²) in [6.45, 7) is 6.55. The zero-order chi connectivity index (χ0) is 23.5. The van der Waals surface area contributed by atoms with Gasteiger partial charge in [-0.15, -0.1) is 0 Å². The molecule has 33 heavy (non-hydrogen) atoms.